The highest BCUT2D eigenvalue weighted by molar-refractivity contribution is 7.81. The summed E-state index contributed by atoms with van der Waals surface area (Å²) in [5.74, 6) is 1.66. The zero-order valence-corrected chi connectivity index (χ0v) is 14.1. The minimum atomic E-state index is -2.94. The monoisotopic (exact) mass is 334 g/mol. The van der Waals surface area contributed by atoms with E-state index in [2.05, 4.69) is 0 Å². The molecule has 1 N–H and O–H groups in total. The number of rotatable bonds is 5. The molecule has 3 rings (SSSR count). The van der Waals surface area contributed by atoms with Gasteiger partial charge in [0.2, 0.25) is 0 Å². The van der Waals surface area contributed by atoms with Crippen LogP contribution in [0.2, 0.25) is 0 Å². The molecule has 0 radical (unpaired) electrons. The van der Waals surface area contributed by atoms with Crippen molar-refractivity contribution < 1.29 is 9.67 Å². The Labute approximate surface area is 142 Å². The van der Waals surface area contributed by atoms with Crippen molar-refractivity contribution in [1.29, 1.82) is 0 Å². The maximum atomic E-state index is 13.8. The van der Waals surface area contributed by atoms with Crippen LogP contribution in [0.5, 0.6) is 0 Å². The van der Waals surface area contributed by atoms with Crippen LogP contribution in [0.3, 0.4) is 0 Å². The molecule has 3 aromatic rings. The van der Waals surface area contributed by atoms with E-state index in [-0.39, 0.29) is 0 Å². The first-order valence-corrected chi connectivity index (χ1v) is 9.61. The highest BCUT2D eigenvalue weighted by atomic mass is 31.2. The maximum absolute atomic E-state index is 13.8. The average Bonchev–Trinajstić information content (AvgIpc) is 2.68. The van der Waals surface area contributed by atoms with Crippen molar-refractivity contribution in [1.82, 2.24) is 0 Å². The van der Waals surface area contributed by atoms with Crippen molar-refractivity contribution in [3.05, 3.63) is 108 Å². The Morgan fingerprint density at radius 3 is 1.58 bits per heavy atom. The molecule has 2 nitrogen and oxygen atoms in total. The van der Waals surface area contributed by atoms with E-state index >= 15 is 0 Å². The van der Waals surface area contributed by atoms with E-state index in [1.807, 2.05) is 91.0 Å². The molecular weight excluding hydrogens is 315 g/mol. The molecule has 0 aliphatic heterocycles. The molecule has 1 atom stereocenters. The number of hydrogen-bond acceptors (Lipinski definition) is 2. The Morgan fingerprint density at radius 1 is 0.708 bits per heavy atom. The van der Waals surface area contributed by atoms with Crippen LogP contribution in [0.1, 0.15) is 11.7 Å². The Hall–Kier alpha value is -2.41. The van der Waals surface area contributed by atoms with Crippen LogP contribution in [0.15, 0.2) is 103 Å². The van der Waals surface area contributed by atoms with Crippen LogP contribution < -0.4 is 10.6 Å². The summed E-state index contributed by atoms with van der Waals surface area (Å²) >= 11 is 0. The molecule has 120 valence electrons. The van der Waals surface area contributed by atoms with E-state index in [1.54, 1.807) is 11.9 Å². The van der Waals surface area contributed by atoms with Crippen LogP contribution >= 0.6 is 7.14 Å². The summed E-state index contributed by atoms with van der Waals surface area (Å²) in [6.45, 7) is 0. The third-order valence-electron chi connectivity index (χ3n) is 3.90. The molecule has 0 aliphatic rings. The van der Waals surface area contributed by atoms with Crippen LogP contribution in [-0.2, 0) is 4.57 Å². The molecule has 3 aromatic carbocycles. The Balaban J connectivity index is 2.00. The minimum absolute atomic E-state index is 0.757. The van der Waals surface area contributed by atoms with Crippen molar-refractivity contribution in [2.75, 3.05) is 0 Å². The smallest absolute Gasteiger partial charge is 0.163 e. The van der Waals surface area contributed by atoms with Gasteiger partial charge in [-0.2, -0.15) is 0 Å². The molecule has 0 aromatic heterocycles. The van der Waals surface area contributed by atoms with E-state index in [4.69, 9.17) is 0 Å². The highest BCUT2D eigenvalue weighted by Gasteiger charge is 2.24. The van der Waals surface area contributed by atoms with Gasteiger partial charge in [-0.15, -0.1) is 0 Å². The summed E-state index contributed by atoms with van der Waals surface area (Å²) in [6.07, 6.45) is 0.836. The second kappa shape index (κ2) is 7.44. The molecule has 24 heavy (non-hydrogen) atoms. The normalized spacial score (nSPS) is 13.0. The zero-order chi connectivity index (χ0) is 16.8. The van der Waals surface area contributed by atoms with E-state index < -0.39 is 13.2 Å². The van der Waals surface area contributed by atoms with Gasteiger partial charge in [0.05, 0.1) is 6.10 Å². The largest absolute Gasteiger partial charge is 0.384 e. The average molecular weight is 334 g/mol. The van der Waals surface area contributed by atoms with Crippen molar-refractivity contribution in [2.24, 2.45) is 0 Å². The lowest BCUT2D eigenvalue weighted by atomic mass is 10.1. The van der Waals surface area contributed by atoms with E-state index in [9.17, 15) is 9.67 Å². The molecule has 0 amide bonds. The second-order valence-corrected chi connectivity index (χ2v) is 8.17. The molecule has 0 bridgehead atoms. The van der Waals surface area contributed by atoms with Crippen LogP contribution in [-0.4, -0.2) is 5.11 Å². The van der Waals surface area contributed by atoms with Gasteiger partial charge in [-0.25, -0.2) is 0 Å². The van der Waals surface area contributed by atoms with Crippen LogP contribution in [0, 0.1) is 0 Å². The summed E-state index contributed by atoms with van der Waals surface area (Å²) in [4.78, 5) is 0. The lowest BCUT2D eigenvalue weighted by molar-refractivity contribution is 0.229. The maximum Gasteiger partial charge on any atom is 0.163 e. The van der Waals surface area contributed by atoms with E-state index in [0.717, 1.165) is 16.2 Å². The molecule has 3 heteroatoms. The van der Waals surface area contributed by atoms with Crippen LogP contribution in [0.4, 0.5) is 0 Å². The lowest BCUT2D eigenvalue weighted by Crippen LogP contribution is -2.14. The predicted octanol–water partition coefficient (Wildman–Crippen LogP) is 4.25. The van der Waals surface area contributed by atoms with Gasteiger partial charge in [0.1, 0.15) is 0 Å². The van der Waals surface area contributed by atoms with E-state index in [0.29, 0.717) is 0 Å². The molecule has 0 saturated carbocycles. The molecular formula is C21H19O2P. The Bertz CT molecular complexity index is 799. The SMILES string of the molecule is O=P(/C=C/C(O)c1ccccc1)(c1ccccc1)c1ccccc1. The number of aliphatic hydroxyl groups is 1. The first-order valence-electron chi connectivity index (χ1n) is 7.83. The first kappa shape index (κ1) is 16.4. The molecule has 0 spiro atoms. The summed E-state index contributed by atoms with van der Waals surface area (Å²) < 4.78 is 13.8. The molecule has 0 saturated heterocycles. The van der Waals surface area contributed by atoms with Gasteiger partial charge >= 0.3 is 0 Å². The fourth-order valence-electron chi connectivity index (χ4n) is 2.58. The standard InChI is InChI=1S/C21H19O2P/c22-21(18-10-4-1-5-11-18)16-17-24(23,19-12-6-2-7-13-19)20-14-8-3-9-15-20/h1-17,21-22H/b17-16+. The second-order valence-electron chi connectivity index (χ2n) is 5.53. The fourth-order valence-corrected chi connectivity index (χ4v) is 4.86. The Kier molecular flexibility index (Phi) is 5.10. The number of aliphatic hydroxyl groups excluding tert-OH is 1. The quantitative estimate of drug-likeness (QED) is 0.708. The summed E-state index contributed by atoms with van der Waals surface area (Å²) in [5.41, 5.74) is 0.779. The zero-order valence-electron chi connectivity index (χ0n) is 13.2. The number of hydrogen-bond donors (Lipinski definition) is 1. The molecule has 1 unspecified atom stereocenters. The van der Waals surface area contributed by atoms with Crippen molar-refractivity contribution in [3.63, 3.8) is 0 Å². The molecule has 0 aliphatic carbocycles. The predicted molar refractivity (Wildman–Crippen MR) is 100 cm³/mol. The Morgan fingerprint density at radius 2 is 1.12 bits per heavy atom. The summed E-state index contributed by atoms with van der Waals surface area (Å²) in [7, 11) is -2.94. The van der Waals surface area contributed by atoms with E-state index in [1.165, 1.54) is 0 Å². The van der Waals surface area contributed by atoms with Gasteiger partial charge in [-0.3, -0.25) is 0 Å². The molecule has 0 heterocycles. The van der Waals surface area contributed by atoms with Crippen molar-refractivity contribution in [3.8, 4) is 0 Å². The first-order chi connectivity index (χ1) is 11.7. The van der Waals surface area contributed by atoms with Crippen molar-refractivity contribution >= 4 is 17.8 Å². The third-order valence-corrected chi connectivity index (χ3v) is 6.62. The topological polar surface area (TPSA) is 37.3 Å². The lowest BCUT2D eigenvalue weighted by Gasteiger charge is -2.16. The van der Waals surface area contributed by atoms with Gasteiger partial charge in [0.25, 0.3) is 0 Å². The van der Waals surface area contributed by atoms with Gasteiger partial charge in [0.15, 0.2) is 7.14 Å². The summed E-state index contributed by atoms with van der Waals surface area (Å²) in [6, 6.07) is 28.2. The minimum Gasteiger partial charge on any atom is -0.384 e. The van der Waals surface area contributed by atoms with Gasteiger partial charge < -0.3 is 9.67 Å². The summed E-state index contributed by atoms with van der Waals surface area (Å²) in [5, 5.41) is 11.9. The molecule has 0 fully saturated rings. The van der Waals surface area contributed by atoms with Gasteiger partial charge in [-0.1, -0.05) is 91.0 Å². The highest BCUT2D eigenvalue weighted by Crippen LogP contribution is 2.45. The third kappa shape index (κ3) is 3.56. The van der Waals surface area contributed by atoms with Crippen LogP contribution in [0.25, 0.3) is 0 Å². The van der Waals surface area contributed by atoms with Gasteiger partial charge in [0, 0.05) is 10.6 Å². The fraction of sp³-hybridized carbons (Fsp3) is 0.0476. The number of benzene rings is 3. The van der Waals surface area contributed by atoms with Gasteiger partial charge in [-0.05, 0) is 17.5 Å². The van der Waals surface area contributed by atoms with Crippen molar-refractivity contribution in [2.45, 2.75) is 6.10 Å².